The van der Waals surface area contributed by atoms with Crippen molar-refractivity contribution in [1.29, 1.82) is 0 Å². The highest BCUT2D eigenvalue weighted by Crippen LogP contribution is 2.29. The maximum atomic E-state index is 5.63. The van der Waals surface area contributed by atoms with Crippen molar-refractivity contribution in [2.75, 3.05) is 33.2 Å². The number of rotatable bonds is 18. The van der Waals surface area contributed by atoms with Gasteiger partial charge in [-0.2, -0.15) is 0 Å². The molecule has 2 rings (SSSR count). The van der Waals surface area contributed by atoms with E-state index in [0.29, 0.717) is 19.0 Å². The summed E-state index contributed by atoms with van der Waals surface area (Å²) in [6.45, 7) is 8.53. The van der Waals surface area contributed by atoms with Gasteiger partial charge in [-0.3, -0.25) is 0 Å². The van der Waals surface area contributed by atoms with Crippen LogP contribution in [0.2, 0.25) is 0 Å². The molecule has 0 radical (unpaired) electrons. The number of hydrogen-bond acceptors (Lipinski definition) is 4. The lowest BCUT2D eigenvalue weighted by atomic mass is 9.94. The van der Waals surface area contributed by atoms with E-state index in [0.717, 1.165) is 51.1 Å². The zero-order valence-electron chi connectivity index (χ0n) is 16.5. The third-order valence-electron chi connectivity index (χ3n) is 5.52. The quantitative estimate of drug-likeness (QED) is 0.198. The first-order valence-electron chi connectivity index (χ1n) is 10.7. The van der Waals surface area contributed by atoms with Gasteiger partial charge in [0.15, 0.2) is 0 Å². The standard InChI is InChI=1S/C21H40O4/c1-3-5-9-18(20-15-24-20)11-7-13-22-17-23-14-8-12-19(10-6-4-2)21-16-25-21/h18-21H,3-17H2,1-2H3. The molecule has 0 spiro atoms. The molecule has 2 heterocycles. The third-order valence-corrected chi connectivity index (χ3v) is 5.52. The lowest BCUT2D eigenvalue weighted by Crippen LogP contribution is -2.12. The minimum atomic E-state index is 0.444. The third kappa shape index (κ3) is 9.93. The minimum Gasteiger partial charge on any atom is -0.373 e. The van der Waals surface area contributed by atoms with Crippen LogP contribution in [0.25, 0.3) is 0 Å². The van der Waals surface area contributed by atoms with Crippen LogP contribution in [0.1, 0.15) is 78.1 Å². The SMILES string of the molecule is CCCCC(CCCOCOCCCC(CCCC)C1CO1)C1CO1. The predicted octanol–water partition coefficient (Wildman–Crippen LogP) is 4.95. The zero-order chi connectivity index (χ0) is 17.7. The van der Waals surface area contributed by atoms with Gasteiger partial charge in [-0.05, 0) is 50.4 Å². The smallest absolute Gasteiger partial charge is 0.146 e. The van der Waals surface area contributed by atoms with E-state index in [9.17, 15) is 0 Å². The summed E-state index contributed by atoms with van der Waals surface area (Å²) < 4.78 is 22.2. The van der Waals surface area contributed by atoms with E-state index in [2.05, 4.69) is 13.8 Å². The van der Waals surface area contributed by atoms with Crippen molar-refractivity contribution in [2.24, 2.45) is 11.8 Å². The highest BCUT2D eigenvalue weighted by atomic mass is 16.7. The zero-order valence-corrected chi connectivity index (χ0v) is 16.5. The predicted molar refractivity (Wildman–Crippen MR) is 101 cm³/mol. The van der Waals surface area contributed by atoms with Crippen LogP contribution in [0.3, 0.4) is 0 Å². The average molecular weight is 357 g/mol. The van der Waals surface area contributed by atoms with Gasteiger partial charge in [-0.15, -0.1) is 0 Å². The van der Waals surface area contributed by atoms with Gasteiger partial charge in [-0.25, -0.2) is 0 Å². The number of hydrogen-bond donors (Lipinski definition) is 0. The molecule has 148 valence electrons. The molecule has 0 saturated carbocycles. The summed E-state index contributed by atoms with van der Waals surface area (Å²) >= 11 is 0. The molecule has 2 aliphatic rings. The second-order valence-electron chi connectivity index (χ2n) is 7.77. The molecule has 2 saturated heterocycles. The van der Waals surface area contributed by atoms with Crippen molar-refractivity contribution >= 4 is 0 Å². The number of epoxide rings is 2. The van der Waals surface area contributed by atoms with E-state index in [-0.39, 0.29) is 0 Å². The Hall–Kier alpha value is -0.160. The van der Waals surface area contributed by atoms with Crippen molar-refractivity contribution in [1.82, 2.24) is 0 Å². The van der Waals surface area contributed by atoms with Crippen LogP contribution in [0, 0.1) is 11.8 Å². The number of unbranched alkanes of at least 4 members (excludes halogenated alkanes) is 2. The molecule has 25 heavy (non-hydrogen) atoms. The maximum absolute atomic E-state index is 5.63. The Morgan fingerprint density at radius 2 is 1.12 bits per heavy atom. The fraction of sp³-hybridized carbons (Fsp3) is 1.00. The number of ether oxygens (including phenoxy) is 4. The van der Waals surface area contributed by atoms with E-state index in [4.69, 9.17) is 18.9 Å². The van der Waals surface area contributed by atoms with Crippen LogP contribution >= 0.6 is 0 Å². The maximum Gasteiger partial charge on any atom is 0.146 e. The Morgan fingerprint density at radius 1 is 0.720 bits per heavy atom. The molecule has 0 aromatic rings. The largest absolute Gasteiger partial charge is 0.373 e. The first kappa shape index (κ1) is 21.1. The first-order valence-corrected chi connectivity index (χ1v) is 10.7. The highest BCUT2D eigenvalue weighted by molar-refractivity contribution is 4.79. The van der Waals surface area contributed by atoms with Crippen LogP contribution in [0.15, 0.2) is 0 Å². The molecule has 4 unspecified atom stereocenters. The molecule has 2 aliphatic heterocycles. The molecular formula is C21H40O4. The summed E-state index contributed by atoms with van der Waals surface area (Å²) in [5.41, 5.74) is 0. The summed E-state index contributed by atoms with van der Waals surface area (Å²) in [5.74, 6) is 1.49. The Balaban J connectivity index is 1.37. The topological polar surface area (TPSA) is 43.5 Å². The van der Waals surface area contributed by atoms with E-state index >= 15 is 0 Å². The molecule has 0 aromatic carbocycles. The van der Waals surface area contributed by atoms with Crippen LogP contribution in [-0.4, -0.2) is 45.4 Å². The van der Waals surface area contributed by atoms with Gasteiger partial charge in [0, 0.05) is 13.2 Å². The van der Waals surface area contributed by atoms with Crippen LogP contribution in [0.4, 0.5) is 0 Å². The van der Waals surface area contributed by atoms with E-state index in [1.54, 1.807) is 0 Å². The van der Waals surface area contributed by atoms with Crippen molar-refractivity contribution in [3.05, 3.63) is 0 Å². The second-order valence-corrected chi connectivity index (χ2v) is 7.77. The molecule has 0 amide bonds. The fourth-order valence-corrected chi connectivity index (χ4v) is 3.69. The Bertz CT molecular complexity index is 285. The summed E-state index contributed by atoms with van der Waals surface area (Å²) in [5, 5.41) is 0. The van der Waals surface area contributed by atoms with Crippen LogP contribution in [-0.2, 0) is 18.9 Å². The molecule has 0 aromatic heterocycles. The molecule has 4 heteroatoms. The van der Waals surface area contributed by atoms with Gasteiger partial charge in [0.1, 0.15) is 6.79 Å². The summed E-state index contributed by atoms with van der Waals surface area (Å²) in [6, 6.07) is 0. The first-order chi connectivity index (χ1) is 12.3. The lowest BCUT2D eigenvalue weighted by Gasteiger charge is -2.14. The van der Waals surface area contributed by atoms with Crippen molar-refractivity contribution in [3.8, 4) is 0 Å². The molecule has 4 atom stereocenters. The second kappa shape index (κ2) is 13.1. The highest BCUT2D eigenvalue weighted by Gasteiger charge is 2.32. The van der Waals surface area contributed by atoms with E-state index < -0.39 is 0 Å². The lowest BCUT2D eigenvalue weighted by molar-refractivity contribution is -0.0570. The van der Waals surface area contributed by atoms with Gasteiger partial charge >= 0.3 is 0 Å². The van der Waals surface area contributed by atoms with Crippen molar-refractivity contribution in [3.63, 3.8) is 0 Å². The van der Waals surface area contributed by atoms with Crippen molar-refractivity contribution < 1.29 is 18.9 Å². The minimum absolute atomic E-state index is 0.444. The van der Waals surface area contributed by atoms with Gasteiger partial charge in [0.25, 0.3) is 0 Å². The molecule has 0 aliphatic carbocycles. The van der Waals surface area contributed by atoms with Gasteiger partial charge in [0.2, 0.25) is 0 Å². The Morgan fingerprint density at radius 3 is 1.48 bits per heavy atom. The normalized spacial score (nSPS) is 24.2. The Labute approximate surface area is 154 Å². The fourth-order valence-electron chi connectivity index (χ4n) is 3.69. The summed E-state index contributed by atoms with van der Waals surface area (Å²) in [6.07, 6.45) is 13.6. The summed E-state index contributed by atoms with van der Waals surface area (Å²) in [7, 11) is 0. The van der Waals surface area contributed by atoms with Crippen molar-refractivity contribution in [2.45, 2.75) is 90.3 Å². The Kier molecular flexibility index (Phi) is 11.1. The van der Waals surface area contributed by atoms with Crippen LogP contribution in [0.5, 0.6) is 0 Å². The van der Waals surface area contributed by atoms with Gasteiger partial charge in [0.05, 0.1) is 25.4 Å². The molecule has 0 bridgehead atoms. The molecule has 0 N–H and O–H groups in total. The van der Waals surface area contributed by atoms with Crippen LogP contribution < -0.4 is 0 Å². The molecular weight excluding hydrogens is 316 g/mol. The van der Waals surface area contributed by atoms with E-state index in [1.165, 1.54) is 51.4 Å². The van der Waals surface area contributed by atoms with E-state index in [1.807, 2.05) is 0 Å². The monoisotopic (exact) mass is 356 g/mol. The van der Waals surface area contributed by atoms with Gasteiger partial charge in [-0.1, -0.05) is 39.5 Å². The van der Waals surface area contributed by atoms with Gasteiger partial charge < -0.3 is 18.9 Å². The molecule has 2 fully saturated rings. The summed E-state index contributed by atoms with van der Waals surface area (Å²) in [4.78, 5) is 0. The molecule has 4 nitrogen and oxygen atoms in total. The average Bonchev–Trinajstić information content (AvgIpc) is 3.50.